The fourth-order valence-electron chi connectivity index (χ4n) is 1.67. The van der Waals surface area contributed by atoms with Crippen LogP contribution in [0, 0.1) is 0 Å². The summed E-state index contributed by atoms with van der Waals surface area (Å²) < 4.78 is 9.66. The minimum absolute atomic E-state index is 0.00904. The van der Waals surface area contributed by atoms with Crippen LogP contribution < -0.4 is 0 Å². The summed E-state index contributed by atoms with van der Waals surface area (Å²) in [6.45, 7) is 0. The Balaban J connectivity index is 2.29. The predicted octanol–water partition coefficient (Wildman–Crippen LogP) is 1.79. The molecule has 0 fully saturated rings. The second-order valence-electron chi connectivity index (χ2n) is 4.10. The summed E-state index contributed by atoms with van der Waals surface area (Å²) in [6, 6.07) is 6.16. The van der Waals surface area contributed by atoms with Gasteiger partial charge >= 0.3 is 11.9 Å². The molecule has 0 aliphatic rings. The molecule has 0 radical (unpaired) electrons. The van der Waals surface area contributed by atoms with Crippen LogP contribution in [0.5, 0.6) is 0 Å². The van der Waals surface area contributed by atoms with Gasteiger partial charge in [-0.15, -0.1) is 0 Å². The van der Waals surface area contributed by atoms with Crippen molar-refractivity contribution in [3.8, 4) is 11.5 Å². The molecule has 7 nitrogen and oxygen atoms in total. The molecule has 1 aromatic carbocycles. The van der Waals surface area contributed by atoms with Gasteiger partial charge in [0.15, 0.2) is 11.5 Å². The maximum atomic E-state index is 11.7. The third-order valence-electron chi connectivity index (χ3n) is 2.64. The number of Topliss-reactive ketones (excluding diaryl/α,β-unsaturated/α-hetero) is 1. The van der Waals surface area contributed by atoms with Crippen molar-refractivity contribution in [2.75, 3.05) is 7.11 Å². The van der Waals surface area contributed by atoms with Gasteiger partial charge in [-0.1, -0.05) is 12.1 Å². The number of esters is 1. The number of ketones is 1. The van der Waals surface area contributed by atoms with Crippen LogP contribution in [0.15, 0.2) is 34.9 Å². The number of oxazole rings is 1. The van der Waals surface area contributed by atoms with Crippen molar-refractivity contribution in [2.45, 2.75) is 6.42 Å². The van der Waals surface area contributed by atoms with Gasteiger partial charge in [-0.3, -0.25) is 9.59 Å². The molecule has 0 spiro atoms. The van der Waals surface area contributed by atoms with E-state index in [0.29, 0.717) is 5.56 Å². The first-order chi connectivity index (χ1) is 10.0. The van der Waals surface area contributed by atoms with Gasteiger partial charge in [0.25, 0.3) is 0 Å². The first-order valence-corrected chi connectivity index (χ1v) is 5.90. The Morgan fingerprint density at radius 3 is 2.76 bits per heavy atom. The first kappa shape index (κ1) is 14.4. The lowest BCUT2D eigenvalue weighted by Gasteiger charge is -2.00. The van der Waals surface area contributed by atoms with Crippen molar-refractivity contribution < 1.29 is 28.6 Å². The second-order valence-corrected chi connectivity index (χ2v) is 4.10. The molecule has 1 aromatic heterocycles. The molecule has 0 unspecified atom stereocenters. The van der Waals surface area contributed by atoms with E-state index in [0.717, 1.165) is 6.26 Å². The molecular formula is C14H11NO6. The van der Waals surface area contributed by atoms with Crippen LogP contribution >= 0.6 is 0 Å². The maximum Gasteiger partial charge on any atom is 0.360 e. The van der Waals surface area contributed by atoms with Gasteiger partial charge in [0, 0.05) is 11.1 Å². The van der Waals surface area contributed by atoms with Crippen LogP contribution in [0.4, 0.5) is 0 Å². The van der Waals surface area contributed by atoms with E-state index >= 15 is 0 Å². The van der Waals surface area contributed by atoms with Crippen LogP contribution in [0.2, 0.25) is 0 Å². The number of benzene rings is 1. The van der Waals surface area contributed by atoms with Crippen LogP contribution in [0.25, 0.3) is 11.5 Å². The van der Waals surface area contributed by atoms with E-state index in [9.17, 15) is 14.4 Å². The molecule has 7 heteroatoms. The molecule has 0 saturated carbocycles. The Labute approximate surface area is 119 Å². The lowest BCUT2D eigenvalue weighted by Crippen LogP contribution is -2.06. The number of hydrogen-bond donors (Lipinski definition) is 1. The van der Waals surface area contributed by atoms with Crippen LogP contribution in [-0.2, 0) is 9.53 Å². The third kappa shape index (κ3) is 3.33. The molecule has 0 amide bonds. The summed E-state index contributed by atoms with van der Waals surface area (Å²) in [5, 5.41) is 8.62. The van der Waals surface area contributed by atoms with Gasteiger partial charge in [-0.2, -0.15) is 0 Å². The van der Waals surface area contributed by atoms with E-state index in [-0.39, 0.29) is 17.1 Å². The highest BCUT2D eigenvalue weighted by Gasteiger charge is 2.16. The molecule has 2 rings (SSSR count). The third-order valence-corrected chi connectivity index (χ3v) is 2.64. The molecule has 1 N–H and O–H groups in total. The number of methoxy groups -OCH3 is 1. The van der Waals surface area contributed by atoms with Gasteiger partial charge in [0.05, 0.1) is 7.11 Å². The van der Waals surface area contributed by atoms with Crippen molar-refractivity contribution in [1.29, 1.82) is 0 Å². The van der Waals surface area contributed by atoms with Gasteiger partial charge in [-0.25, -0.2) is 9.78 Å². The van der Waals surface area contributed by atoms with Crippen molar-refractivity contribution in [2.24, 2.45) is 0 Å². The maximum absolute atomic E-state index is 11.7. The second kappa shape index (κ2) is 6.00. The molecule has 0 aliphatic heterocycles. The molecule has 0 atom stereocenters. The zero-order chi connectivity index (χ0) is 15.4. The lowest BCUT2D eigenvalue weighted by atomic mass is 10.1. The predicted molar refractivity (Wildman–Crippen MR) is 69.9 cm³/mol. The quantitative estimate of drug-likeness (QED) is 0.508. The average molecular weight is 289 g/mol. The Morgan fingerprint density at radius 1 is 1.33 bits per heavy atom. The summed E-state index contributed by atoms with van der Waals surface area (Å²) >= 11 is 0. The number of carbonyl (C=O) groups is 3. The normalized spacial score (nSPS) is 10.1. The van der Waals surface area contributed by atoms with Crippen LogP contribution in [0.1, 0.15) is 27.3 Å². The SMILES string of the molecule is COC(=O)c1coc(-c2cccc(C(=O)CC(=O)O)c2)n1. The Hall–Kier alpha value is -2.96. The van der Waals surface area contributed by atoms with E-state index < -0.39 is 24.1 Å². The summed E-state index contributed by atoms with van der Waals surface area (Å²) in [5.41, 5.74) is 0.698. The van der Waals surface area contributed by atoms with Gasteiger partial charge < -0.3 is 14.3 Å². The average Bonchev–Trinajstić information content (AvgIpc) is 2.95. The summed E-state index contributed by atoms with van der Waals surface area (Å²) in [5.74, 6) is -2.22. The van der Waals surface area contributed by atoms with E-state index in [1.54, 1.807) is 12.1 Å². The van der Waals surface area contributed by atoms with Crippen molar-refractivity contribution >= 4 is 17.7 Å². The van der Waals surface area contributed by atoms with Gasteiger partial charge in [0.2, 0.25) is 5.89 Å². The van der Waals surface area contributed by atoms with E-state index in [1.807, 2.05) is 0 Å². The number of carboxylic acid groups (broad SMARTS) is 1. The highest BCUT2D eigenvalue weighted by molar-refractivity contribution is 6.05. The highest BCUT2D eigenvalue weighted by Crippen LogP contribution is 2.21. The fourth-order valence-corrected chi connectivity index (χ4v) is 1.67. The minimum atomic E-state index is -1.20. The zero-order valence-electron chi connectivity index (χ0n) is 11.0. The van der Waals surface area contributed by atoms with E-state index in [1.165, 1.54) is 19.2 Å². The smallest absolute Gasteiger partial charge is 0.360 e. The highest BCUT2D eigenvalue weighted by atomic mass is 16.5. The minimum Gasteiger partial charge on any atom is -0.481 e. The summed E-state index contributed by atoms with van der Waals surface area (Å²) in [7, 11) is 1.22. The molecular weight excluding hydrogens is 278 g/mol. The van der Waals surface area contributed by atoms with Crippen LogP contribution in [-0.4, -0.2) is 34.9 Å². The number of hydrogen-bond acceptors (Lipinski definition) is 6. The van der Waals surface area contributed by atoms with E-state index in [2.05, 4.69) is 9.72 Å². The van der Waals surface area contributed by atoms with Crippen molar-refractivity contribution in [3.63, 3.8) is 0 Å². The van der Waals surface area contributed by atoms with Gasteiger partial charge in [-0.05, 0) is 12.1 Å². The molecule has 0 saturated heterocycles. The summed E-state index contributed by atoms with van der Waals surface area (Å²) in [6.07, 6.45) is 0.551. The number of rotatable bonds is 5. The topological polar surface area (TPSA) is 107 Å². The Morgan fingerprint density at radius 2 is 2.10 bits per heavy atom. The largest absolute Gasteiger partial charge is 0.481 e. The molecule has 1 heterocycles. The monoisotopic (exact) mass is 289 g/mol. The number of aliphatic carboxylic acids is 1. The number of carbonyl (C=O) groups excluding carboxylic acids is 2. The fraction of sp³-hybridized carbons (Fsp3) is 0.143. The molecule has 108 valence electrons. The number of nitrogens with zero attached hydrogens (tertiary/aromatic N) is 1. The Bertz CT molecular complexity index is 703. The standard InChI is InChI=1S/C14H11NO6/c1-20-14(19)10-7-21-13(15-10)9-4-2-3-8(5-9)11(16)6-12(17)18/h2-5,7H,6H2,1H3,(H,17,18). The molecule has 0 bridgehead atoms. The number of aromatic nitrogens is 1. The van der Waals surface area contributed by atoms with Crippen molar-refractivity contribution in [3.05, 3.63) is 41.8 Å². The molecule has 2 aromatic rings. The summed E-state index contributed by atoms with van der Waals surface area (Å²) in [4.78, 5) is 37.5. The van der Waals surface area contributed by atoms with Crippen molar-refractivity contribution in [1.82, 2.24) is 4.98 Å². The first-order valence-electron chi connectivity index (χ1n) is 5.90. The van der Waals surface area contributed by atoms with Gasteiger partial charge in [0.1, 0.15) is 12.7 Å². The number of carboxylic acids is 1. The zero-order valence-corrected chi connectivity index (χ0v) is 11.0. The van der Waals surface area contributed by atoms with E-state index in [4.69, 9.17) is 9.52 Å². The molecule has 21 heavy (non-hydrogen) atoms. The Kier molecular flexibility index (Phi) is 4.13. The molecule has 0 aliphatic carbocycles. The van der Waals surface area contributed by atoms with Crippen LogP contribution in [0.3, 0.4) is 0 Å². The lowest BCUT2D eigenvalue weighted by molar-refractivity contribution is -0.135. The number of ether oxygens (including phenoxy) is 1.